The summed E-state index contributed by atoms with van der Waals surface area (Å²) in [6.07, 6.45) is 1.06. The van der Waals surface area contributed by atoms with Gasteiger partial charge in [-0.2, -0.15) is 0 Å². The van der Waals surface area contributed by atoms with E-state index in [0.717, 1.165) is 12.1 Å². The minimum absolute atomic E-state index is 0.182. The summed E-state index contributed by atoms with van der Waals surface area (Å²) in [6, 6.07) is 14.2. The van der Waals surface area contributed by atoms with Crippen molar-refractivity contribution in [3.63, 3.8) is 0 Å². The fraction of sp³-hybridized carbons (Fsp3) is 0.250. The van der Waals surface area contributed by atoms with Gasteiger partial charge in [0.25, 0.3) is 0 Å². The van der Waals surface area contributed by atoms with Crippen molar-refractivity contribution in [3.8, 4) is 0 Å². The normalized spacial score (nSPS) is 12.2. The maximum absolute atomic E-state index is 6.15. The number of anilines is 1. The van der Waals surface area contributed by atoms with E-state index in [1.54, 1.807) is 12.1 Å². The number of rotatable bonds is 4. The van der Waals surface area contributed by atoms with Gasteiger partial charge in [-0.25, -0.2) is 0 Å². The molecule has 0 saturated heterocycles. The van der Waals surface area contributed by atoms with Gasteiger partial charge in [0.2, 0.25) is 0 Å². The molecule has 0 bridgehead atoms. The predicted molar refractivity (Wildman–Crippen MR) is 84.3 cm³/mol. The maximum Gasteiger partial charge on any atom is 0.0638 e. The molecule has 2 aromatic rings. The number of aryl methyl sites for hydroxylation is 1. The molecule has 0 saturated carbocycles. The fourth-order valence-electron chi connectivity index (χ4n) is 1.97. The Labute approximate surface area is 124 Å². The molecule has 2 rings (SSSR count). The third-order valence-corrected chi connectivity index (χ3v) is 3.75. The standard InChI is InChI=1S/C16H17Cl2N/c1-3-12-4-6-13(7-5-12)11(2)19-16-10-14(17)8-9-15(16)18/h4-11,19H,3H2,1-2H3. The first kappa shape index (κ1) is 14.2. The first-order valence-electron chi connectivity index (χ1n) is 6.40. The number of hydrogen-bond acceptors (Lipinski definition) is 1. The molecule has 0 spiro atoms. The molecule has 1 nitrogen and oxygen atoms in total. The topological polar surface area (TPSA) is 12.0 Å². The van der Waals surface area contributed by atoms with Gasteiger partial charge in [0.1, 0.15) is 0 Å². The van der Waals surface area contributed by atoms with Crippen molar-refractivity contribution in [3.05, 3.63) is 63.6 Å². The SMILES string of the molecule is CCc1ccc(C(C)Nc2cc(Cl)ccc2Cl)cc1. The van der Waals surface area contributed by atoms with Crippen molar-refractivity contribution < 1.29 is 0 Å². The first-order valence-corrected chi connectivity index (χ1v) is 7.16. The molecule has 0 aliphatic carbocycles. The molecule has 0 amide bonds. The second-order valence-electron chi connectivity index (χ2n) is 4.59. The molecule has 0 aliphatic heterocycles. The Morgan fingerprint density at radius 3 is 2.37 bits per heavy atom. The summed E-state index contributed by atoms with van der Waals surface area (Å²) < 4.78 is 0. The lowest BCUT2D eigenvalue weighted by Gasteiger charge is -2.17. The van der Waals surface area contributed by atoms with Gasteiger partial charge < -0.3 is 5.32 Å². The highest BCUT2D eigenvalue weighted by molar-refractivity contribution is 6.35. The van der Waals surface area contributed by atoms with E-state index >= 15 is 0 Å². The molecule has 1 N–H and O–H groups in total. The highest BCUT2D eigenvalue weighted by Crippen LogP contribution is 2.29. The maximum atomic E-state index is 6.15. The number of nitrogens with one attached hydrogen (secondary N) is 1. The minimum atomic E-state index is 0.182. The number of benzene rings is 2. The lowest BCUT2D eigenvalue weighted by molar-refractivity contribution is 0.883. The van der Waals surface area contributed by atoms with Crippen LogP contribution in [0.3, 0.4) is 0 Å². The molecule has 0 radical (unpaired) electrons. The zero-order chi connectivity index (χ0) is 13.8. The van der Waals surface area contributed by atoms with Crippen LogP contribution in [0.15, 0.2) is 42.5 Å². The van der Waals surface area contributed by atoms with Crippen LogP contribution in [-0.4, -0.2) is 0 Å². The molecular formula is C16H17Cl2N. The van der Waals surface area contributed by atoms with E-state index in [-0.39, 0.29) is 6.04 Å². The zero-order valence-electron chi connectivity index (χ0n) is 11.1. The lowest BCUT2D eigenvalue weighted by Crippen LogP contribution is -2.07. The molecule has 1 unspecified atom stereocenters. The van der Waals surface area contributed by atoms with Gasteiger partial charge in [0.05, 0.1) is 10.7 Å². The summed E-state index contributed by atoms with van der Waals surface area (Å²) in [4.78, 5) is 0. The molecule has 3 heteroatoms. The van der Waals surface area contributed by atoms with Crippen molar-refractivity contribution in [2.24, 2.45) is 0 Å². The molecule has 0 aromatic heterocycles. The van der Waals surface area contributed by atoms with Crippen molar-refractivity contribution in [1.82, 2.24) is 0 Å². The van der Waals surface area contributed by atoms with Crippen LogP contribution in [-0.2, 0) is 6.42 Å². The Morgan fingerprint density at radius 2 is 1.74 bits per heavy atom. The smallest absolute Gasteiger partial charge is 0.0638 e. The minimum Gasteiger partial charge on any atom is -0.377 e. The van der Waals surface area contributed by atoms with Gasteiger partial charge in [-0.05, 0) is 42.7 Å². The van der Waals surface area contributed by atoms with Crippen LogP contribution in [0.5, 0.6) is 0 Å². The third kappa shape index (κ3) is 3.65. The molecular weight excluding hydrogens is 277 g/mol. The third-order valence-electron chi connectivity index (χ3n) is 3.19. The Morgan fingerprint density at radius 1 is 1.05 bits per heavy atom. The molecule has 0 aliphatic rings. The zero-order valence-corrected chi connectivity index (χ0v) is 12.6. The highest BCUT2D eigenvalue weighted by Gasteiger charge is 2.08. The van der Waals surface area contributed by atoms with Gasteiger partial charge in [-0.15, -0.1) is 0 Å². The predicted octanol–water partition coefficient (Wildman–Crippen LogP) is 5.73. The fourth-order valence-corrected chi connectivity index (χ4v) is 2.31. The second kappa shape index (κ2) is 6.31. The van der Waals surface area contributed by atoms with E-state index in [4.69, 9.17) is 23.2 Å². The highest BCUT2D eigenvalue weighted by atomic mass is 35.5. The van der Waals surface area contributed by atoms with Crippen LogP contribution in [0, 0.1) is 0 Å². The molecule has 0 heterocycles. The molecule has 1 atom stereocenters. The molecule has 0 fully saturated rings. The van der Waals surface area contributed by atoms with E-state index in [9.17, 15) is 0 Å². The van der Waals surface area contributed by atoms with E-state index in [0.29, 0.717) is 10.0 Å². The lowest BCUT2D eigenvalue weighted by atomic mass is 10.0. The van der Waals surface area contributed by atoms with Crippen LogP contribution >= 0.6 is 23.2 Å². The van der Waals surface area contributed by atoms with Gasteiger partial charge in [-0.3, -0.25) is 0 Å². The van der Waals surface area contributed by atoms with Crippen LogP contribution < -0.4 is 5.32 Å². The van der Waals surface area contributed by atoms with E-state index in [2.05, 4.69) is 43.4 Å². The molecule has 100 valence electrons. The largest absolute Gasteiger partial charge is 0.377 e. The summed E-state index contributed by atoms with van der Waals surface area (Å²) in [7, 11) is 0. The van der Waals surface area contributed by atoms with Crippen molar-refractivity contribution in [2.75, 3.05) is 5.32 Å². The van der Waals surface area contributed by atoms with Crippen molar-refractivity contribution >= 4 is 28.9 Å². The second-order valence-corrected chi connectivity index (χ2v) is 5.43. The number of hydrogen-bond donors (Lipinski definition) is 1. The van der Waals surface area contributed by atoms with Gasteiger partial charge >= 0.3 is 0 Å². The summed E-state index contributed by atoms with van der Waals surface area (Å²) in [6.45, 7) is 4.26. The van der Waals surface area contributed by atoms with Gasteiger partial charge in [0.15, 0.2) is 0 Å². The van der Waals surface area contributed by atoms with Crippen LogP contribution in [0.1, 0.15) is 31.0 Å². The first-order chi connectivity index (χ1) is 9.10. The quantitative estimate of drug-likeness (QED) is 0.759. The summed E-state index contributed by atoms with van der Waals surface area (Å²) >= 11 is 12.1. The average molecular weight is 294 g/mol. The van der Waals surface area contributed by atoms with Gasteiger partial charge in [-0.1, -0.05) is 54.4 Å². The van der Waals surface area contributed by atoms with E-state index in [1.165, 1.54) is 11.1 Å². The average Bonchev–Trinajstić information content (AvgIpc) is 2.43. The van der Waals surface area contributed by atoms with Crippen LogP contribution in [0.4, 0.5) is 5.69 Å². The van der Waals surface area contributed by atoms with Crippen LogP contribution in [0.25, 0.3) is 0 Å². The molecule has 19 heavy (non-hydrogen) atoms. The van der Waals surface area contributed by atoms with Crippen molar-refractivity contribution in [2.45, 2.75) is 26.3 Å². The monoisotopic (exact) mass is 293 g/mol. The molecule has 2 aromatic carbocycles. The Kier molecular flexibility index (Phi) is 4.73. The van der Waals surface area contributed by atoms with E-state index < -0.39 is 0 Å². The van der Waals surface area contributed by atoms with Gasteiger partial charge in [0, 0.05) is 11.1 Å². The number of halogens is 2. The summed E-state index contributed by atoms with van der Waals surface area (Å²) in [5.41, 5.74) is 3.44. The van der Waals surface area contributed by atoms with Crippen molar-refractivity contribution in [1.29, 1.82) is 0 Å². The Hall–Kier alpha value is -1.18. The van der Waals surface area contributed by atoms with E-state index in [1.807, 2.05) is 6.07 Å². The summed E-state index contributed by atoms with van der Waals surface area (Å²) in [5, 5.41) is 4.75. The summed E-state index contributed by atoms with van der Waals surface area (Å²) in [5.74, 6) is 0. The van der Waals surface area contributed by atoms with Crippen LogP contribution in [0.2, 0.25) is 10.0 Å². The Bertz CT molecular complexity index is 549. The Balaban J connectivity index is 2.15.